The summed E-state index contributed by atoms with van der Waals surface area (Å²) in [5.41, 5.74) is 10.3. The first kappa shape index (κ1) is 22.2. The van der Waals surface area contributed by atoms with Crippen LogP contribution < -0.4 is 5.73 Å². The Morgan fingerprint density at radius 1 is 1.11 bits per heavy atom. The van der Waals surface area contributed by atoms with Crippen LogP contribution in [0.2, 0.25) is 0 Å². The molecule has 1 saturated carbocycles. The minimum atomic E-state index is -1.21. The molecule has 2 fully saturated rings. The molecule has 4 heterocycles. The Morgan fingerprint density at radius 2 is 1.91 bits per heavy atom. The Labute approximate surface area is 206 Å². The van der Waals surface area contributed by atoms with Gasteiger partial charge in [-0.15, -0.1) is 0 Å². The van der Waals surface area contributed by atoms with E-state index in [2.05, 4.69) is 27.1 Å². The molecule has 6 rings (SSSR count). The molecule has 1 unspecified atom stereocenters. The first-order valence-electron chi connectivity index (χ1n) is 11.8. The molecule has 8 nitrogen and oxygen atoms in total. The average molecular weight is 487 g/mol. The van der Waals surface area contributed by atoms with Crippen LogP contribution in [0, 0.1) is 0 Å². The van der Waals surface area contributed by atoms with Crippen LogP contribution in [0.1, 0.15) is 41.1 Å². The largest absolute Gasteiger partial charge is 0.612 e. The summed E-state index contributed by atoms with van der Waals surface area (Å²) in [5.74, 6) is 1.04. The molecule has 4 aromatic rings. The molecule has 2 atom stereocenters. The van der Waals surface area contributed by atoms with Gasteiger partial charge in [0.25, 0.3) is 5.91 Å². The van der Waals surface area contributed by atoms with Gasteiger partial charge in [-0.25, -0.2) is 9.97 Å². The number of carbonyl (C=O) groups excluding carboxylic acids is 1. The van der Waals surface area contributed by atoms with Crippen molar-refractivity contribution in [3.8, 4) is 17.2 Å². The number of rotatable bonds is 5. The summed E-state index contributed by atoms with van der Waals surface area (Å²) in [6.45, 7) is 1.21. The van der Waals surface area contributed by atoms with Crippen LogP contribution in [-0.2, 0) is 11.2 Å². The van der Waals surface area contributed by atoms with Crippen molar-refractivity contribution in [3.63, 3.8) is 0 Å². The number of benzene rings is 1. The van der Waals surface area contributed by atoms with Gasteiger partial charge < -0.3 is 15.2 Å². The maximum atomic E-state index is 13.1. The number of nitrogens with two attached hydrogens (primary N) is 1. The zero-order valence-electron chi connectivity index (χ0n) is 19.4. The van der Waals surface area contributed by atoms with Crippen molar-refractivity contribution >= 4 is 28.0 Å². The second-order valence-corrected chi connectivity index (χ2v) is 10.7. The zero-order chi connectivity index (χ0) is 24.1. The van der Waals surface area contributed by atoms with E-state index < -0.39 is 11.2 Å². The minimum Gasteiger partial charge on any atom is -0.612 e. The van der Waals surface area contributed by atoms with Crippen molar-refractivity contribution in [1.82, 2.24) is 24.4 Å². The SMILES string of the molecule is C[S+]([O-])c1cn(-c2ncc(-c3cc(C4CC4)ccn3)cn2)c2cc(C(=O)N3CC[C@@H](N)C3)ccc12. The number of hydrogen-bond donors (Lipinski definition) is 1. The summed E-state index contributed by atoms with van der Waals surface area (Å²) < 4.78 is 14.3. The first-order chi connectivity index (χ1) is 17.0. The Bertz CT molecular complexity index is 1410. The number of pyridine rings is 1. The van der Waals surface area contributed by atoms with Crippen LogP contribution in [0.15, 0.2) is 60.0 Å². The van der Waals surface area contributed by atoms with Crippen LogP contribution in [0.5, 0.6) is 0 Å². The fourth-order valence-corrected chi connectivity index (χ4v) is 5.47. The molecule has 2 aliphatic rings. The lowest BCUT2D eigenvalue weighted by Crippen LogP contribution is -2.31. The topological polar surface area (TPSA) is 113 Å². The van der Waals surface area contributed by atoms with Gasteiger partial charge in [0.1, 0.15) is 6.26 Å². The van der Waals surface area contributed by atoms with Gasteiger partial charge in [0, 0.05) is 48.8 Å². The molecule has 1 amide bonds. The Balaban J connectivity index is 1.37. The first-order valence-corrected chi connectivity index (χ1v) is 13.4. The van der Waals surface area contributed by atoms with E-state index in [0.717, 1.165) is 28.6 Å². The van der Waals surface area contributed by atoms with Crippen molar-refractivity contribution < 1.29 is 9.35 Å². The molecule has 1 aliphatic heterocycles. The predicted octanol–water partition coefficient (Wildman–Crippen LogP) is 3.27. The van der Waals surface area contributed by atoms with Crippen LogP contribution in [0.25, 0.3) is 28.1 Å². The predicted molar refractivity (Wildman–Crippen MR) is 135 cm³/mol. The number of aromatic nitrogens is 4. The lowest BCUT2D eigenvalue weighted by Gasteiger charge is -2.16. The fourth-order valence-electron chi connectivity index (χ4n) is 4.73. The number of carbonyl (C=O) groups is 1. The van der Waals surface area contributed by atoms with E-state index in [1.165, 1.54) is 18.4 Å². The van der Waals surface area contributed by atoms with Crippen molar-refractivity contribution in [2.75, 3.05) is 19.3 Å². The quantitative estimate of drug-likeness (QED) is 0.433. The van der Waals surface area contributed by atoms with Crippen molar-refractivity contribution in [3.05, 3.63) is 66.2 Å². The van der Waals surface area contributed by atoms with E-state index in [9.17, 15) is 9.35 Å². The van der Waals surface area contributed by atoms with Gasteiger partial charge in [0.2, 0.25) is 5.95 Å². The lowest BCUT2D eigenvalue weighted by atomic mass is 10.1. The van der Waals surface area contributed by atoms with Gasteiger partial charge in [-0.05, 0) is 72.3 Å². The standard InChI is InChI=1S/C26H26N6O2S/c1-35(34)24-15-32(23-11-18(4-5-21(23)24)25(33)31-9-7-20(27)14-31)26-29-12-19(13-30-26)22-10-17(6-8-28-22)16-2-3-16/h4-6,8,10-13,15-16,20H,2-3,7,9,14,27H2,1H3/t20-,35?/m1/s1. The molecular weight excluding hydrogens is 460 g/mol. The molecule has 0 radical (unpaired) electrons. The number of amides is 1. The van der Waals surface area contributed by atoms with Gasteiger partial charge >= 0.3 is 0 Å². The van der Waals surface area contributed by atoms with Crippen LogP contribution in [-0.4, -0.2) is 60.3 Å². The summed E-state index contributed by atoms with van der Waals surface area (Å²) in [7, 11) is 0. The molecule has 9 heteroatoms. The summed E-state index contributed by atoms with van der Waals surface area (Å²) >= 11 is -1.21. The van der Waals surface area contributed by atoms with Crippen molar-refractivity contribution in [1.29, 1.82) is 0 Å². The Hall–Kier alpha value is -3.27. The van der Waals surface area contributed by atoms with E-state index in [-0.39, 0.29) is 11.9 Å². The smallest absolute Gasteiger partial charge is 0.253 e. The summed E-state index contributed by atoms with van der Waals surface area (Å²) in [5, 5.41) is 0.812. The molecule has 0 bridgehead atoms. The Morgan fingerprint density at radius 3 is 2.60 bits per heavy atom. The number of hydrogen-bond acceptors (Lipinski definition) is 6. The van der Waals surface area contributed by atoms with Crippen molar-refractivity contribution in [2.24, 2.45) is 5.73 Å². The fraction of sp³-hybridized carbons (Fsp3) is 0.308. The summed E-state index contributed by atoms with van der Waals surface area (Å²) in [6, 6.07) is 9.68. The summed E-state index contributed by atoms with van der Waals surface area (Å²) in [6.07, 6.45) is 12.1. The highest BCUT2D eigenvalue weighted by Gasteiger charge is 2.26. The van der Waals surface area contributed by atoms with Gasteiger partial charge in [-0.2, -0.15) is 0 Å². The highest BCUT2D eigenvalue weighted by atomic mass is 32.2. The molecule has 0 spiro atoms. The molecular formula is C26H26N6O2S. The van der Waals surface area contributed by atoms with E-state index in [1.807, 2.05) is 18.3 Å². The number of likely N-dealkylation sites (tertiary alicyclic amines) is 1. The van der Waals surface area contributed by atoms with Gasteiger partial charge in [-0.1, -0.05) is 0 Å². The van der Waals surface area contributed by atoms with Gasteiger partial charge in [0.05, 0.1) is 22.8 Å². The molecule has 1 aliphatic carbocycles. The Kier molecular flexibility index (Phi) is 5.55. The molecule has 1 aromatic carbocycles. The van der Waals surface area contributed by atoms with Crippen molar-refractivity contribution in [2.45, 2.75) is 36.1 Å². The maximum Gasteiger partial charge on any atom is 0.253 e. The third-order valence-electron chi connectivity index (χ3n) is 6.82. The maximum absolute atomic E-state index is 13.1. The van der Waals surface area contributed by atoms with Gasteiger partial charge in [0.15, 0.2) is 4.90 Å². The molecule has 3 aromatic heterocycles. The second-order valence-electron chi connectivity index (χ2n) is 9.37. The molecule has 35 heavy (non-hydrogen) atoms. The molecule has 1 saturated heterocycles. The number of nitrogens with zero attached hydrogens (tertiary/aromatic N) is 5. The normalized spacial score (nSPS) is 18.8. The zero-order valence-corrected chi connectivity index (χ0v) is 20.2. The van der Waals surface area contributed by atoms with E-state index in [1.54, 1.807) is 40.4 Å². The molecule has 178 valence electrons. The second kappa shape index (κ2) is 8.75. The summed E-state index contributed by atoms with van der Waals surface area (Å²) in [4.78, 5) is 29.2. The van der Waals surface area contributed by atoms with Crippen LogP contribution in [0.4, 0.5) is 0 Å². The van der Waals surface area contributed by atoms with Gasteiger partial charge in [-0.3, -0.25) is 14.3 Å². The van der Waals surface area contributed by atoms with Crippen LogP contribution >= 0.6 is 0 Å². The highest BCUT2D eigenvalue weighted by molar-refractivity contribution is 7.91. The lowest BCUT2D eigenvalue weighted by molar-refractivity contribution is 0.0791. The van der Waals surface area contributed by atoms with E-state index in [0.29, 0.717) is 35.4 Å². The third-order valence-corrected chi connectivity index (χ3v) is 7.76. The van der Waals surface area contributed by atoms with E-state index in [4.69, 9.17) is 5.73 Å². The minimum absolute atomic E-state index is 0.0204. The average Bonchev–Trinajstić information content (AvgIpc) is 3.53. The van der Waals surface area contributed by atoms with E-state index >= 15 is 0 Å². The monoisotopic (exact) mass is 486 g/mol. The third kappa shape index (κ3) is 4.20. The van der Waals surface area contributed by atoms with Crippen LogP contribution in [0.3, 0.4) is 0 Å². The number of fused-ring (bicyclic) bond motifs is 1. The highest BCUT2D eigenvalue weighted by Crippen LogP contribution is 2.40. The molecule has 2 N–H and O–H groups in total.